The zero-order valence-corrected chi connectivity index (χ0v) is 24.4. The molecule has 1 aliphatic heterocycles. The molecule has 0 aliphatic carbocycles. The van der Waals surface area contributed by atoms with E-state index in [1.807, 2.05) is 47.4 Å². The Balaban J connectivity index is 1.44. The lowest BCUT2D eigenvalue weighted by Gasteiger charge is -2.32. The summed E-state index contributed by atoms with van der Waals surface area (Å²) in [6, 6.07) is 18.5. The molecule has 6 nitrogen and oxygen atoms in total. The molecular formula is C28H24BrCl2N3O3S. The first-order valence-corrected chi connectivity index (χ1v) is 14.3. The number of likely N-dealkylation sites (N-methyl/N-ethyl adjacent to an activating group) is 1. The molecule has 38 heavy (non-hydrogen) atoms. The number of piperazine rings is 1. The summed E-state index contributed by atoms with van der Waals surface area (Å²) in [6.07, 6.45) is 0. The van der Waals surface area contributed by atoms with Gasteiger partial charge >= 0.3 is 5.97 Å². The molecule has 3 aromatic carbocycles. The Morgan fingerprint density at radius 1 is 0.921 bits per heavy atom. The van der Waals surface area contributed by atoms with Gasteiger partial charge in [-0.3, -0.25) is 4.79 Å². The number of aromatic nitrogens is 1. The summed E-state index contributed by atoms with van der Waals surface area (Å²) in [5.74, 6) is -0.983. The molecule has 1 fully saturated rings. The highest BCUT2D eigenvalue weighted by molar-refractivity contribution is 9.10. The summed E-state index contributed by atoms with van der Waals surface area (Å²) in [6.45, 7) is 3.51. The third-order valence-electron chi connectivity index (χ3n) is 6.62. The molecule has 0 saturated carbocycles. The van der Waals surface area contributed by atoms with Gasteiger partial charge in [-0.1, -0.05) is 63.0 Å². The van der Waals surface area contributed by atoms with Crippen LogP contribution < -0.4 is 0 Å². The molecule has 0 spiro atoms. The van der Waals surface area contributed by atoms with Gasteiger partial charge in [0, 0.05) is 57.9 Å². The maximum atomic E-state index is 12.9. The number of halogens is 3. The summed E-state index contributed by atoms with van der Waals surface area (Å²) >= 11 is 17.4. The van der Waals surface area contributed by atoms with Crippen LogP contribution in [0.15, 0.2) is 74.9 Å². The highest BCUT2D eigenvalue weighted by Crippen LogP contribution is 2.38. The summed E-state index contributed by atoms with van der Waals surface area (Å²) in [5, 5.41) is 11.7. The Bertz CT molecular complexity index is 1530. The first-order chi connectivity index (χ1) is 18.2. The number of carboxylic acids is 1. The molecule has 1 aliphatic rings. The van der Waals surface area contributed by atoms with E-state index in [-0.39, 0.29) is 11.6 Å². The number of nitrogens with zero attached hydrogens (tertiary/aromatic N) is 3. The second-order valence-corrected chi connectivity index (χ2v) is 12.0. The average molecular weight is 633 g/mol. The van der Waals surface area contributed by atoms with Gasteiger partial charge in [-0.2, -0.15) is 0 Å². The van der Waals surface area contributed by atoms with Gasteiger partial charge in [0.1, 0.15) is 5.69 Å². The van der Waals surface area contributed by atoms with Gasteiger partial charge < -0.3 is 19.5 Å². The van der Waals surface area contributed by atoms with E-state index in [2.05, 4.69) is 27.9 Å². The fourth-order valence-electron chi connectivity index (χ4n) is 4.50. The lowest BCUT2D eigenvalue weighted by molar-refractivity contribution is 0.0661. The molecule has 1 aromatic heterocycles. The average Bonchev–Trinajstić information content (AvgIpc) is 3.26. The third-order valence-corrected chi connectivity index (χ3v) is 8.98. The number of hydrogen-bond acceptors (Lipinski definition) is 4. The molecule has 2 heterocycles. The predicted molar refractivity (Wildman–Crippen MR) is 156 cm³/mol. The second-order valence-electron chi connectivity index (χ2n) is 9.23. The van der Waals surface area contributed by atoms with Gasteiger partial charge in [0.05, 0.1) is 15.6 Å². The fraction of sp³-hybridized carbons (Fsp3) is 0.214. The van der Waals surface area contributed by atoms with Crippen LogP contribution in [0.1, 0.15) is 26.4 Å². The molecule has 0 atom stereocenters. The van der Waals surface area contributed by atoms with Crippen molar-refractivity contribution in [2.45, 2.75) is 16.3 Å². The molecule has 196 valence electrons. The summed E-state index contributed by atoms with van der Waals surface area (Å²) in [4.78, 5) is 31.0. The van der Waals surface area contributed by atoms with Gasteiger partial charge in [0.15, 0.2) is 0 Å². The van der Waals surface area contributed by atoms with Crippen LogP contribution in [0.25, 0.3) is 10.9 Å². The minimum absolute atomic E-state index is 0.0233. The van der Waals surface area contributed by atoms with Gasteiger partial charge in [-0.25, -0.2) is 4.79 Å². The number of benzene rings is 3. The Hall–Kier alpha value is -2.49. The van der Waals surface area contributed by atoms with Crippen LogP contribution in [0.2, 0.25) is 10.0 Å². The van der Waals surface area contributed by atoms with E-state index in [1.54, 1.807) is 22.8 Å². The number of amides is 1. The molecule has 1 saturated heterocycles. The minimum Gasteiger partial charge on any atom is -0.477 e. The molecule has 10 heteroatoms. The number of rotatable bonds is 6. The fourth-order valence-corrected chi connectivity index (χ4v) is 6.51. The van der Waals surface area contributed by atoms with Crippen LogP contribution in [0.3, 0.4) is 0 Å². The van der Waals surface area contributed by atoms with Gasteiger partial charge in [-0.15, -0.1) is 0 Å². The summed E-state index contributed by atoms with van der Waals surface area (Å²) in [5.41, 5.74) is 2.52. The van der Waals surface area contributed by atoms with Crippen LogP contribution >= 0.6 is 50.9 Å². The predicted octanol–water partition coefficient (Wildman–Crippen LogP) is 7.00. The molecule has 1 N–H and O–H groups in total. The maximum Gasteiger partial charge on any atom is 0.352 e. The highest BCUT2D eigenvalue weighted by Gasteiger charge is 2.21. The largest absolute Gasteiger partial charge is 0.477 e. The lowest BCUT2D eigenvalue weighted by Crippen LogP contribution is -2.47. The number of aromatic carboxylic acids is 1. The number of carbonyl (C=O) groups is 2. The van der Waals surface area contributed by atoms with Crippen molar-refractivity contribution in [3.05, 3.63) is 92.0 Å². The zero-order chi connectivity index (χ0) is 27.0. The molecular weight excluding hydrogens is 609 g/mol. The van der Waals surface area contributed by atoms with Crippen molar-refractivity contribution in [1.29, 1.82) is 0 Å². The van der Waals surface area contributed by atoms with E-state index in [9.17, 15) is 14.7 Å². The maximum absolute atomic E-state index is 12.9. The van der Waals surface area contributed by atoms with Crippen molar-refractivity contribution in [3.8, 4) is 0 Å². The molecule has 0 radical (unpaired) electrons. The lowest BCUT2D eigenvalue weighted by atomic mass is 10.1. The number of hydrogen-bond donors (Lipinski definition) is 1. The van der Waals surface area contributed by atoms with Crippen molar-refractivity contribution < 1.29 is 14.7 Å². The molecule has 0 unspecified atom stereocenters. The van der Waals surface area contributed by atoms with E-state index in [1.165, 1.54) is 11.8 Å². The van der Waals surface area contributed by atoms with E-state index < -0.39 is 5.97 Å². The van der Waals surface area contributed by atoms with Gasteiger partial charge in [-0.05, 0) is 61.1 Å². The van der Waals surface area contributed by atoms with Crippen molar-refractivity contribution >= 4 is 73.7 Å². The Labute approximate surface area is 243 Å². The van der Waals surface area contributed by atoms with Crippen molar-refractivity contribution in [2.24, 2.45) is 0 Å². The van der Waals surface area contributed by atoms with Crippen molar-refractivity contribution in [1.82, 2.24) is 14.4 Å². The van der Waals surface area contributed by atoms with Crippen LogP contribution in [-0.4, -0.2) is 64.6 Å². The Morgan fingerprint density at radius 2 is 1.63 bits per heavy atom. The SMILES string of the molecule is CN1CCN(C(=O)c2ccc(Cn3c(C(=O)O)cc4c(Br)cc(Sc5ccc(Cl)c(Cl)c5)cc43)cc2)CC1. The molecule has 4 aromatic rings. The van der Waals surface area contributed by atoms with Crippen LogP contribution in [-0.2, 0) is 6.54 Å². The summed E-state index contributed by atoms with van der Waals surface area (Å²) in [7, 11) is 2.06. The normalized spacial score (nSPS) is 14.3. The van der Waals surface area contributed by atoms with Crippen LogP contribution in [0.5, 0.6) is 0 Å². The topological polar surface area (TPSA) is 65.8 Å². The Morgan fingerprint density at radius 3 is 2.29 bits per heavy atom. The standard InChI is InChI=1S/C28H24BrCl2N3O3S/c1-32-8-10-33(11-9-32)27(35)18-4-2-17(3-5-18)16-34-25-14-20(38-19-6-7-23(30)24(31)13-19)12-22(29)21(25)15-26(34)28(36)37/h2-7,12-15H,8-11,16H2,1H3,(H,36,37). The number of fused-ring (bicyclic) bond motifs is 1. The molecule has 0 bridgehead atoms. The first kappa shape index (κ1) is 27.1. The van der Waals surface area contributed by atoms with Crippen molar-refractivity contribution in [2.75, 3.05) is 33.2 Å². The van der Waals surface area contributed by atoms with E-state index in [4.69, 9.17) is 23.2 Å². The third kappa shape index (κ3) is 5.75. The minimum atomic E-state index is -1.01. The van der Waals surface area contributed by atoms with Crippen LogP contribution in [0.4, 0.5) is 0 Å². The van der Waals surface area contributed by atoms with Crippen molar-refractivity contribution in [3.63, 3.8) is 0 Å². The van der Waals surface area contributed by atoms with Gasteiger partial charge in [0.2, 0.25) is 0 Å². The molecule has 5 rings (SSSR count). The first-order valence-electron chi connectivity index (χ1n) is 12.0. The number of carbonyl (C=O) groups excluding carboxylic acids is 1. The smallest absolute Gasteiger partial charge is 0.352 e. The van der Waals surface area contributed by atoms with Crippen LogP contribution in [0, 0.1) is 0 Å². The quantitative estimate of drug-likeness (QED) is 0.248. The second kappa shape index (κ2) is 11.3. The van der Waals surface area contributed by atoms with E-state index >= 15 is 0 Å². The zero-order valence-electron chi connectivity index (χ0n) is 20.5. The number of carboxylic acid groups (broad SMARTS) is 1. The van der Waals surface area contributed by atoms with Gasteiger partial charge in [0.25, 0.3) is 5.91 Å². The highest BCUT2D eigenvalue weighted by atomic mass is 79.9. The Kier molecular flexibility index (Phi) is 8.07. The molecule has 1 amide bonds. The van der Waals surface area contributed by atoms with E-state index in [0.29, 0.717) is 35.2 Å². The van der Waals surface area contributed by atoms with E-state index in [0.717, 1.165) is 43.8 Å². The monoisotopic (exact) mass is 631 g/mol. The summed E-state index contributed by atoms with van der Waals surface area (Å²) < 4.78 is 2.59.